The molecule has 0 fully saturated rings. The van der Waals surface area contributed by atoms with Crippen molar-refractivity contribution >= 4 is 5.78 Å². The summed E-state index contributed by atoms with van der Waals surface area (Å²) < 4.78 is 0. The third-order valence-electron chi connectivity index (χ3n) is 4.62. The lowest BCUT2D eigenvalue weighted by Crippen LogP contribution is -2.05. The Morgan fingerprint density at radius 3 is 2.57 bits per heavy atom. The van der Waals surface area contributed by atoms with Gasteiger partial charge in [0.1, 0.15) is 0 Å². The maximum Gasteiger partial charge on any atom is 0.160 e. The average Bonchev–Trinajstić information content (AvgIpc) is 2.95. The Kier molecular flexibility index (Phi) is 3.30. The first-order chi connectivity index (χ1) is 11.2. The Labute approximate surface area is 135 Å². The van der Waals surface area contributed by atoms with Gasteiger partial charge in [-0.15, -0.1) is 0 Å². The van der Waals surface area contributed by atoms with Crippen LogP contribution in [0.1, 0.15) is 39.5 Å². The van der Waals surface area contributed by atoms with Crippen molar-refractivity contribution in [1.29, 1.82) is 0 Å². The van der Waals surface area contributed by atoms with Crippen LogP contribution >= 0.6 is 0 Å². The van der Waals surface area contributed by atoms with Crippen LogP contribution in [-0.4, -0.2) is 10.8 Å². The number of benzene rings is 2. The van der Waals surface area contributed by atoms with Crippen LogP contribution in [0.5, 0.6) is 0 Å². The van der Waals surface area contributed by atoms with E-state index in [1.807, 2.05) is 18.2 Å². The number of hydrogen-bond donors (Lipinski definition) is 0. The third-order valence-corrected chi connectivity index (χ3v) is 4.62. The van der Waals surface area contributed by atoms with Gasteiger partial charge in [-0.25, -0.2) is 0 Å². The molecule has 2 aromatic carbocycles. The van der Waals surface area contributed by atoms with Crippen LogP contribution in [0.15, 0.2) is 60.9 Å². The van der Waals surface area contributed by atoms with Crippen molar-refractivity contribution in [3.05, 3.63) is 88.7 Å². The Morgan fingerprint density at radius 2 is 1.78 bits per heavy atom. The van der Waals surface area contributed by atoms with E-state index in [1.165, 1.54) is 27.8 Å². The van der Waals surface area contributed by atoms with Gasteiger partial charge >= 0.3 is 0 Å². The van der Waals surface area contributed by atoms with E-state index < -0.39 is 0 Å². The molecule has 1 heterocycles. The Hall–Kier alpha value is -2.74. The van der Waals surface area contributed by atoms with E-state index in [9.17, 15) is 4.79 Å². The van der Waals surface area contributed by atoms with Gasteiger partial charge in [-0.2, -0.15) is 0 Å². The van der Waals surface area contributed by atoms with Crippen LogP contribution < -0.4 is 0 Å². The van der Waals surface area contributed by atoms with E-state index in [1.54, 1.807) is 19.3 Å². The standard InChI is InChI=1S/C21H17NO/c1-14(23)17-6-7-19-18-5-3-2-4-16(18)13-21(19)20(17)12-15-8-10-22-11-9-15/h2-11H,12-13H2,1H3. The zero-order valence-corrected chi connectivity index (χ0v) is 13.0. The topological polar surface area (TPSA) is 30.0 Å². The summed E-state index contributed by atoms with van der Waals surface area (Å²) in [5, 5.41) is 0. The lowest BCUT2D eigenvalue weighted by atomic mass is 9.90. The molecule has 1 aliphatic carbocycles. The van der Waals surface area contributed by atoms with E-state index in [0.717, 1.165) is 24.0 Å². The summed E-state index contributed by atoms with van der Waals surface area (Å²) >= 11 is 0. The first-order valence-corrected chi connectivity index (χ1v) is 7.87. The molecule has 2 nitrogen and oxygen atoms in total. The number of nitrogens with zero attached hydrogens (tertiary/aromatic N) is 1. The molecular weight excluding hydrogens is 282 g/mol. The number of Topliss-reactive ketones (excluding diaryl/α,β-unsaturated/α-hetero) is 1. The smallest absolute Gasteiger partial charge is 0.160 e. The largest absolute Gasteiger partial charge is 0.295 e. The van der Waals surface area contributed by atoms with Gasteiger partial charge in [0.25, 0.3) is 0 Å². The molecule has 0 unspecified atom stereocenters. The Balaban J connectivity index is 1.88. The number of ketones is 1. The van der Waals surface area contributed by atoms with Crippen molar-refractivity contribution in [2.24, 2.45) is 0 Å². The van der Waals surface area contributed by atoms with Gasteiger partial charge < -0.3 is 0 Å². The first-order valence-electron chi connectivity index (χ1n) is 7.87. The van der Waals surface area contributed by atoms with Crippen molar-refractivity contribution in [2.45, 2.75) is 19.8 Å². The number of hydrogen-bond acceptors (Lipinski definition) is 2. The molecule has 3 aromatic rings. The minimum absolute atomic E-state index is 0.132. The van der Waals surface area contributed by atoms with Crippen LogP contribution in [-0.2, 0) is 12.8 Å². The second kappa shape index (κ2) is 5.47. The highest BCUT2D eigenvalue weighted by Crippen LogP contribution is 2.40. The van der Waals surface area contributed by atoms with Crippen LogP contribution in [0.2, 0.25) is 0 Å². The lowest BCUT2D eigenvalue weighted by Gasteiger charge is -2.13. The monoisotopic (exact) mass is 299 g/mol. The van der Waals surface area contributed by atoms with Crippen LogP contribution in [0, 0.1) is 0 Å². The highest BCUT2D eigenvalue weighted by atomic mass is 16.1. The first kappa shape index (κ1) is 13.9. The zero-order chi connectivity index (χ0) is 15.8. The number of carbonyl (C=O) groups excluding carboxylic acids is 1. The molecule has 1 aromatic heterocycles. The second-order valence-electron chi connectivity index (χ2n) is 6.04. The van der Waals surface area contributed by atoms with Crippen LogP contribution in [0.3, 0.4) is 0 Å². The van der Waals surface area contributed by atoms with Crippen LogP contribution in [0.4, 0.5) is 0 Å². The number of aromatic nitrogens is 1. The summed E-state index contributed by atoms with van der Waals surface area (Å²) in [4.78, 5) is 16.2. The molecule has 2 heteroatoms. The molecule has 0 saturated heterocycles. The quantitative estimate of drug-likeness (QED) is 0.523. The molecule has 1 aliphatic rings. The van der Waals surface area contributed by atoms with Crippen molar-refractivity contribution in [3.63, 3.8) is 0 Å². The molecule has 112 valence electrons. The predicted octanol–water partition coefficient (Wildman–Crippen LogP) is 4.45. The molecule has 0 bridgehead atoms. The average molecular weight is 299 g/mol. The molecule has 0 N–H and O–H groups in total. The van der Waals surface area contributed by atoms with Gasteiger partial charge in [-0.3, -0.25) is 9.78 Å². The molecule has 23 heavy (non-hydrogen) atoms. The summed E-state index contributed by atoms with van der Waals surface area (Å²) in [6, 6.07) is 16.6. The molecule has 0 saturated carbocycles. The summed E-state index contributed by atoms with van der Waals surface area (Å²) in [5.74, 6) is 0.132. The van der Waals surface area contributed by atoms with Crippen LogP contribution in [0.25, 0.3) is 11.1 Å². The SMILES string of the molecule is CC(=O)c1ccc2c(c1Cc1ccncc1)Cc1ccccc1-2. The molecule has 0 aliphatic heterocycles. The highest BCUT2D eigenvalue weighted by Gasteiger charge is 2.23. The van der Waals surface area contributed by atoms with E-state index in [4.69, 9.17) is 0 Å². The molecule has 0 spiro atoms. The molecule has 0 amide bonds. The van der Waals surface area contributed by atoms with E-state index >= 15 is 0 Å². The van der Waals surface area contributed by atoms with Crippen molar-refractivity contribution in [1.82, 2.24) is 4.98 Å². The summed E-state index contributed by atoms with van der Waals surface area (Å²) in [5.41, 5.74) is 8.41. The summed E-state index contributed by atoms with van der Waals surface area (Å²) in [7, 11) is 0. The van der Waals surface area contributed by atoms with E-state index in [-0.39, 0.29) is 5.78 Å². The number of fused-ring (bicyclic) bond motifs is 3. The van der Waals surface area contributed by atoms with E-state index in [2.05, 4.69) is 35.3 Å². The normalized spacial score (nSPS) is 11.9. The molecular formula is C21H17NO. The van der Waals surface area contributed by atoms with Gasteiger partial charge in [0.2, 0.25) is 0 Å². The summed E-state index contributed by atoms with van der Waals surface area (Å²) in [6.07, 6.45) is 5.29. The lowest BCUT2D eigenvalue weighted by molar-refractivity contribution is 0.101. The minimum atomic E-state index is 0.132. The third kappa shape index (κ3) is 2.36. The summed E-state index contributed by atoms with van der Waals surface area (Å²) in [6.45, 7) is 1.65. The van der Waals surface area contributed by atoms with Crippen molar-refractivity contribution in [2.75, 3.05) is 0 Å². The number of pyridine rings is 1. The van der Waals surface area contributed by atoms with Crippen molar-refractivity contribution in [3.8, 4) is 11.1 Å². The highest BCUT2D eigenvalue weighted by molar-refractivity contribution is 5.97. The Morgan fingerprint density at radius 1 is 1.00 bits per heavy atom. The zero-order valence-electron chi connectivity index (χ0n) is 13.0. The molecule has 0 radical (unpaired) electrons. The van der Waals surface area contributed by atoms with Gasteiger partial charge in [-0.05, 0) is 65.3 Å². The molecule has 4 rings (SSSR count). The maximum absolute atomic E-state index is 12.1. The second-order valence-corrected chi connectivity index (χ2v) is 6.04. The molecule has 0 atom stereocenters. The fraction of sp³-hybridized carbons (Fsp3) is 0.143. The fourth-order valence-corrected chi connectivity index (χ4v) is 3.51. The number of rotatable bonds is 3. The maximum atomic E-state index is 12.1. The fourth-order valence-electron chi connectivity index (χ4n) is 3.51. The van der Waals surface area contributed by atoms with Gasteiger partial charge in [-0.1, -0.05) is 36.4 Å². The predicted molar refractivity (Wildman–Crippen MR) is 91.7 cm³/mol. The number of carbonyl (C=O) groups is 1. The minimum Gasteiger partial charge on any atom is -0.295 e. The van der Waals surface area contributed by atoms with Crippen molar-refractivity contribution < 1.29 is 4.79 Å². The van der Waals surface area contributed by atoms with Gasteiger partial charge in [0.15, 0.2) is 5.78 Å². The van der Waals surface area contributed by atoms with Gasteiger partial charge in [0, 0.05) is 18.0 Å². The van der Waals surface area contributed by atoms with E-state index in [0.29, 0.717) is 0 Å². The Bertz CT molecular complexity index is 897. The van der Waals surface area contributed by atoms with Gasteiger partial charge in [0.05, 0.1) is 0 Å².